The van der Waals surface area contributed by atoms with E-state index in [4.69, 9.17) is 17.3 Å². The summed E-state index contributed by atoms with van der Waals surface area (Å²) in [6.45, 7) is 0.258. The van der Waals surface area contributed by atoms with Crippen LogP contribution in [0, 0.1) is 0 Å². The zero-order chi connectivity index (χ0) is 20.5. The first-order chi connectivity index (χ1) is 14.0. The predicted octanol–water partition coefficient (Wildman–Crippen LogP) is 4.49. The Labute approximate surface area is 173 Å². The molecular weight excluding hydrogens is 388 g/mol. The Morgan fingerprint density at radius 3 is 2.45 bits per heavy atom. The number of halogens is 1. The number of anilines is 1. The fourth-order valence-corrected chi connectivity index (χ4v) is 4.06. The average Bonchev–Trinajstić information content (AvgIpc) is 2.71. The Bertz CT molecular complexity index is 1080. The summed E-state index contributed by atoms with van der Waals surface area (Å²) in [5, 5.41) is 10.7. The molecule has 29 heavy (non-hydrogen) atoms. The van der Waals surface area contributed by atoms with E-state index in [2.05, 4.69) is 0 Å². The molecule has 0 aromatic heterocycles. The highest BCUT2D eigenvalue weighted by Gasteiger charge is 2.44. The van der Waals surface area contributed by atoms with Crippen LogP contribution in [-0.2, 0) is 11.3 Å². The molecule has 3 aromatic rings. The molecule has 1 heterocycles. The van der Waals surface area contributed by atoms with Crippen LogP contribution in [0.2, 0.25) is 5.02 Å². The second-order valence-electron chi connectivity index (χ2n) is 7.08. The molecule has 0 saturated carbocycles. The number of aliphatic carboxylic acids is 1. The maximum absolute atomic E-state index is 13.4. The number of nitrogens with zero attached hydrogens (tertiary/aromatic N) is 1. The van der Waals surface area contributed by atoms with Crippen LogP contribution < -0.4 is 5.73 Å². The Morgan fingerprint density at radius 2 is 1.76 bits per heavy atom. The Balaban J connectivity index is 1.88. The first kappa shape index (κ1) is 19.0. The first-order valence-corrected chi connectivity index (χ1v) is 9.56. The lowest BCUT2D eigenvalue weighted by atomic mass is 9.79. The molecule has 0 fully saturated rings. The molecule has 3 N–H and O–H groups in total. The fourth-order valence-electron chi connectivity index (χ4n) is 3.93. The minimum absolute atomic E-state index is 0.208. The van der Waals surface area contributed by atoms with Crippen molar-refractivity contribution in [2.45, 2.75) is 18.5 Å². The van der Waals surface area contributed by atoms with Crippen molar-refractivity contribution < 1.29 is 14.7 Å². The van der Waals surface area contributed by atoms with Gasteiger partial charge in [-0.15, -0.1) is 0 Å². The molecule has 146 valence electrons. The van der Waals surface area contributed by atoms with Gasteiger partial charge < -0.3 is 15.7 Å². The number of carboxylic acids is 1. The summed E-state index contributed by atoms with van der Waals surface area (Å²) >= 11 is 5.98. The van der Waals surface area contributed by atoms with Crippen LogP contribution in [0.3, 0.4) is 0 Å². The number of nitrogen functional groups attached to an aromatic ring is 1. The van der Waals surface area contributed by atoms with Crippen LogP contribution in [-0.4, -0.2) is 21.9 Å². The SMILES string of the molecule is Nc1cccc([C@@H]2[C@@H](C(=O)O)c3ccccc3C(=O)N2Cc2ccc(Cl)cc2)c1. The van der Waals surface area contributed by atoms with Gasteiger partial charge >= 0.3 is 5.97 Å². The number of hydrogen-bond donors (Lipinski definition) is 2. The number of nitrogens with two attached hydrogens (primary N) is 1. The van der Waals surface area contributed by atoms with E-state index in [1.807, 2.05) is 18.2 Å². The average molecular weight is 407 g/mol. The number of carboxylic acid groups (broad SMARTS) is 1. The minimum atomic E-state index is -0.988. The van der Waals surface area contributed by atoms with Gasteiger partial charge in [-0.2, -0.15) is 0 Å². The summed E-state index contributed by atoms with van der Waals surface area (Å²) in [4.78, 5) is 27.4. The molecule has 4 rings (SSSR count). The maximum Gasteiger partial charge on any atom is 0.313 e. The van der Waals surface area contributed by atoms with Crippen LogP contribution in [0.25, 0.3) is 0 Å². The van der Waals surface area contributed by atoms with E-state index in [1.165, 1.54) is 0 Å². The van der Waals surface area contributed by atoms with Gasteiger partial charge in [0.15, 0.2) is 0 Å². The van der Waals surface area contributed by atoms with Gasteiger partial charge in [0.1, 0.15) is 5.92 Å². The third-order valence-corrected chi connectivity index (χ3v) is 5.48. The number of hydrogen-bond acceptors (Lipinski definition) is 3. The third-order valence-electron chi connectivity index (χ3n) is 5.22. The van der Waals surface area contributed by atoms with Gasteiger partial charge in [0.2, 0.25) is 0 Å². The maximum atomic E-state index is 13.4. The zero-order valence-electron chi connectivity index (χ0n) is 15.5. The van der Waals surface area contributed by atoms with Crippen molar-refractivity contribution in [1.82, 2.24) is 4.90 Å². The monoisotopic (exact) mass is 406 g/mol. The Kier molecular flexibility index (Phi) is 4.99. The van der Waals surface area contributed by atoms with Gasteiger partial charge in [-0.05, 0) is 47.0 Å². The van der Waals surface area contributed by atoms with Gasteiger partial charge in [-0.25, -0.2) is 0 Å². The van der Waals surface area contributed by atoms with E-state index in [1.54, 1.807) is 59.5 Å². The molecule has 0 radical (unpaired) electrons. The van der Waals surface area contributed by atoms with Crippen molar-refractivity contribution in [3.63, 3.8) is 0 Å². The minimum Gasteiger partial charge on any atom is -0.481 e. The molecule has 1 amide bonds. The molecule has 2 atom stereocenters. The number of rotatable bonds is 4. The molecular formula is C23H19ClN2O3. The van der Waals surface area contributed by atoms with Crippen LogP contribution in [0.5, 0.6) is 0 Å². The Hall–Kier alpha value is -3.31. The largest absolute Gasteiger partial charge is 0.481 e. The molecule has 0 spiro atoms. The van der Waals surface area contributed by atoms with E-state index in [-0.39, 0.29) is 12.5 Å². The van der Waals surface area contributed by atoms with E-state index >= 15 is 0 Å². The van der Waals surface area contributed by atoms with Crippen molar-refractivity contribution in [1.29, 1.82) is 0 Å². The number of fused-ring (bicyclic) bond motifs is 1. The Morgan fingerprint density at radius 1 is 1.03 bits per heavy atom. The topological polar surface area (TPSA) is 83.6 Å². The van der Waals surface area contributed by atoms with Gasteiger partial charge in [0, 0.05) is 22.8 Å². The molecule has 0 unspecified atom stereocenters. The highest BCUT2D eigenvalue weighted by Crippen LogP contribution is 2.43. The van der Waals surface area contributed by atoms with Crippen molar-refractivity contribution in [3.8, 4) is 0 Å². The van der Waals surface area contributed by atoms with Crippen LogP contribution in [0.1, 0.15) is 39.0 Å². The molecule has 3 aromatic carbocycles. The second-order valence-corrected chi connectivity index (χ2v) is 7.51. The summed E-state index contributed by atoms with van der Waals surface area (Å²) in [6, 6.07) is 20.4. The lowest BCUT2D eigenvalue weighted by Gasteiger charge is -2.41. The molecule has 0 saturated heterocycles. The van der Waals surface area contributed by atoms with Gasteiger partial charge in [0.25, 0.3) is 5.91 Å². The van der Waals surface area contributed by atoms with Gasteiger partial charge in [-0.3, -0.25) is 9.59 Å². The smallest absolute Gasteiger partial charge is 0.313 e. The summed E-state index contributed by atoms with van der Waals surface area (Å²) in [5.74, 6) is -2.10. The molecule has 1 aliphatic heterocycles. The van der Waals surface area contributed by atoms with Crippen molar-refractivity contribution in [2.24, 2.45) is 0 Å². The predicted molar refractivity (Wildman–Crippen MR) is 112 cm³/mol. The van der Waals surface area contributed by atoms with Crippen molar-refractivity contribution in [2.75, 3.05) is 5.73 Å². The van der Waals surface area contributed by atoms with Crippen LogP contribution in [0.15, 0.2) is 72.8 Å². The molecule has 5 nitrogen and oxygen atoms in total. The summed E-state index contributed by atoms with van der Waals surface area (Å²) in [6.07, 6.45) is 0. The summed E-state index contributed by atoms with van der Waals surface area (Å²) in [7, 11) is 0. The van der Waals surface area contributed by atoms with Crippen LogP contribution >= 0.6 is 11.6 Å². The second kappa shape index (κ2) is 7.60. The fraction of sp³-hybridized carbons (Fsp3) is 0.130. The number of amides is 1. The quantitative estimate of drug-likeness (QED) is 0.625. The van der Waals surface area contributed by atoms with Gasteiger partial charge in [-0.1, -0.05) is 54.1 Å². The van der Waals surface area contributed by atoms with E-state index in [9.17, 15) is 14.7 Å². The first-order valence-electron chi connectivity index (χ1n) is 9.18. The molecule has 1 aliphatic rings. The van der Waals surface area contributed by atoms with Gasteiger partial charge in [0.05, 0.1) is 6.04 Å². The van der Waals surface area contributed by atoms with E-state index in [0.29, 0.717) is 27.4 Å². The van der Waals surface area contributed by atoms with Crippen molar-refractivity contribution in [3.05, 3.63) is 100 Å². The highest BCUT2D eigenvalue weighted by atomic mass is 35.5. The number of carbonyl (C=O) groups excluding carboxylic acids is 1. The van der Waals surface area contributed by atoms with E-state index in [0.717, 1.165) is 5.56 Å². The lowest BCUT2D eigenvalue weighted by Crippen LogP contribution is -2.44. The van der Waals surface area contributed by atoms with E-state index < -0.39 is 17.9 Å². The third kappa shape index (κ3) is 3.57. The number of carbonyl (C=O) groups is 2. The standard InChI is InChI=1S/C23H19ClN2O3/c24-16-10-8-14(9-11-16)13-26-21(15-4-3-5-17(25)12-15)20(23(28)29)18-6-1-2-7-19(18)22(26)27/h1-12,20-21H,13,25H2,(H,28,29)/t20-,21+/m0/s1. The normalized spacial score (nSPS) is 18.4. The summed E-state index contributed by atoms with van der Waals surface area (Å²) in [5.41, 5.74) is 8.96. The lowest BCUT2D eigenvalue weighted by molar-refractivity contribution is -0.140. The summed E-state index contributed by atoms with van der Waals surface area (Å²) < 4.78 is 0. The van der Waals surface area contributed by atoms with Crippen molar-refractivity contribution >= 4 is 29.2 Å². The van der Waals surface area contributed by atoms with Crippen LogP contribution in [0.4, 0.5) is 5.69 Å². The highest BCUT2D eigenvalue weighted by molar-refractivity contribution is 6.30. The number of benzene rings is 3. The zero-order valence-corrected chi connectivity index (χ0v) is 16.2. The molecule has 0 bridgehead atoms. The molecule has 0 aliphatic carbocycles. The molecule has 6 heteroatoms.